The number of aliphatic hydroxyl groups is 1. The molecule has 25 heavy (non-hydrogen) atoms. The number of fused-ring (bicyclic) bond motifs is 1. The van der Waals surface area contributed by atoms with Gasteiger partial charge in [0.15, 0.2) is 0 Å². The summed E-state index contributed by atoms with van der Waals surface area (Å²) in [5.41, 5.74) is 1.76. The number of hydrogen-bond donors (Lipinski definition) is 1. The molecular weight excluding hydrogens is 345 g/mol. The maximum absolute atomic E-state index is 13.5. The Kier molecular flexibility index (Phi) is 4.47. The molecular formula is C18H20FNO4S. The standard InChI is InChI=1S/C18H20FNO4S/c1-11-8-14(24-3)9-12(2)18(11)25(22,23)20-7-6-17(21)15-10-13(19)4-5-16(15)20/h4-5,8-10,17,21H,6-7H2,1-3H3. The van der Waals surface area contributed by atoms with E-state index in [4.69, 9.17) is 4.74 Å². The van der Waals surface area contributed by atoms with Gasteiger partial charge in [-0.05, 0) is 61.7 Å². The minimum absolute atomic E-state index is 0.132. The van der Waals surface area contributed by atoms with E-state index >= 15 is 0 Å². The van der Waals surface area contributed by atoms with Crippen LogP contribution in [0.5, 0.6) is 5.75 Å². The van der Waals surface area contributed by atoms with E-state index < -0.39 is 21.9 Å². The van der Waals surface area contributed by atoms with Crippen molar-refractivity contribution in [2.45, 2.75) is 31.3 Å². The van der Waals surface area contributed by atoms with Crippen molar-refractivity contribution in [1.29, 1.82) is 0 Å². The molecule has 1 heterocycles. The van der Waals surface area contributed by atoms with Crippen molar-refractivity contribution in [3.8, 4) is 5.75 Å². The summed E-state index contributed by atoms with van der Waals surface area (Å²) in [5, 5.41) is 10.1. The van der Waals surface area contributed by atoms with E-state index in [1.165, 1.54) is 29.6 Å². The molecule has 0 aliphatic carbocycles. The normalized spacial score (nSPS) is 17.3. The second kappa shape index (κ2) is 6.31. The first kappa shape index (κ1) is 17.7. The fourth-order valence-electron chi connectivity index (χ4n) is 3.33. The Balaban J connectivity index is 2.16. The minimum atomic E-state index is -3.85. The van der Waals surface area contributed by atoms with Crippen LogP contribution in [0.25, 0.3) is 0 Å². The number of benzene rings is 2. The van der Waals surface area contributed by atoms with E-state index in [9.17, 15) is 17.9 Å². The van der Waals surface area contributed by atoms with Crippen molar-refractivity contribution in [2.75, 3.05) is 18.0 Å². The molecule has 2 aromatic carbocycles. The molecule has 1 unspecified atom stereocenters. The van der Waals surface area contributed by atoms with Gasteiger partial charge in [-0.2, -0.15) is 0 Å². The van der Waals surface area contributed by atoms with Crippen molar-refractivity contribution in [2.24, 2.45) is 0 Å². The maximum Gasteiger partial charge on any atom is 0.264 e. The van der Waals surface area contributed by atoms with E-state index in [1.54, 1.807) is 26.0 Å². The van der Waals surface area contributed by atoms with Gasteiger partial charge in [0.25, 0.3) is 10.0 Å². The van der Waals surface area contributed by atoms with Gasteiger partial charge in [-0.15, -0.1) is 0 Å². The number of nitrogens with zero attached hydrogens (tertiary/aromatic N) is 1. The Hall–Kier alpha value is -2.12. The number of rotatable bonds is 3. The zero-order chi connectivity index (χ0) is 18.4. The Labute approximate surface area is 146 Å². The van der Waals surface area contributed by atoms with Crippen molar-refractivity contribution in [3.05, 3.63) is 52.8 Å². The van der Waals surface area contributed by atoms with Crippen LogP contribution < -0.4 is 9.04 Å². The maximum atomic E-state index is 13.5. The van der Waals surface area contributed by atoms with Gasteiger partial charge in [-0.25, -0.2) is 12.8 Å². The zero-order valence-corrected chi connectivity index (χ0v) is 15.1. The largest absolute Gasteiger partial charge is 0.497 e. The lowest BCUT2D eigenvalue weighted by molar-refractivity contribution is 0.166. The van der Waals surface area contributed by atoms with Crippen LogP contribution in [0.1, 0.15) is 29.2 Å². The van der Waals surface area contributed by atoms with E-state index in [2.05, 4.69) is 0 Å². The van der Waals surface area contributed by atoms with Gasteiger partial charge in [-0.1, -0.05) is 0 Å². The topological polar surface area (TPSA) is 66.8 Å². The Bertz CT molecular complexity index is 904. The van der Waals surface area contributed by atoms with Crippen LogP contribution in [-0.2, 0) is 10.0 Å². The molecule has 0 saturated carbocycles. The summed E-state index contributed by atoms with van der Waals surface area (Å²) in [6.07, 6.45) is -0.667. The zero-order valence-electron chi connectivity index (χ0n) is 14.3. The predicted octanol–water partition coefficient (Wildman–Crippen LogP) is 3.08. The fourth-order valence-corrected chi connectivity index (χ4v) is 5.25. The van der Waals surface area contributed by atoms with Crippen LogP contribution >= 0.6 is 0 Å². The quantitative estimate of drug-likeness (QED) is 0.908. The molecule has 7 heteroatoms. The van der Waals surface area contributed by atoms with Crippen LogP contribution in [0.3, 0.4) is 0 Å². The highest BCUT2D eigenvalue weighted by molar-refractivity contribution is 7.93. The van der Waals surface area contributed by atoms with E-state index in [0.29, 0.717) is 28.1 Å². The molecule has 1 atom stereocenters. The predicted molar refractivity (Wildman–Crippen MR) is 93.0 cm³/mol. The van der Waals surface area contributed by atoms with Gasteiger partial charge in [0.05, 0.1) is 23.8 Å². The fraction of sp³-hybridized carbons (Fsp3) is 0.333. The lowest BCUT2D eigenvalue weighted by Gasteiger charge is -2.33. The number of aryl methyl sites for hydroxylation is 2. The number of aliphatic hydroxyl groups excluding tert-OH is 1. The summed E-state index contributed by atoms with van der Waals surface area (Å²) in [6.45, 7) is 3.56. The number of methoxy groups -OCH3 is 1. The van der Waals surface area contributed by atoms with Crippen LogP contribution in [0.2, 0.25) is 0 Å². The molecule has 1 aliphatic heterocycles. The van der Waals surface area contributed by atoms with Crippen molar-refractivity contribution < 1.29 is 22.7 Å². The third kappa shape index (κ3) is 2.98. The Morgan fingerprint density at radius 3 is 2.44 bits per heavy atom. The highest BCUT2D eigenvalue weighted by Crippen LogP contribution is 2.39. The van der Waals surface area contributed by atoms with E-state index in [1.807, 2.05) is 0 Å². The molecule has 5 nitrogen and oxygen atoms in total. The molecule has 0 radical (unpaired) electrons. The summed E-state index contributed by atoms with van der Waals surface area (Å²) in [5.74, 6) is 0.0827. The summed E-state index contributed by atoms with van der Waals surface area (Å²) in [7, 11) is -2.33. The number of halogens is 1. The summed E-state index contributed by atoms with van der Waals surface area (Å²) < 4.78 is 46.6. The molecule has 1 aliphatic rings. The van der Waals surface area contributed by atoms with Gasteiger partial charge >= 0.3 is 0 Å². The first-order valence-corrected chi connectivity index (χ1v) is 9.35. The molecule has 3 rings (SSSR count). The summed E-state index contributed by atoms with van der Waals surface area (Å²) >= 11 is 0. The second-order valence-corrected chi connectivity index (χ2v) is 7.97. The van der Waals surface area contributed by atoms with Gasteiger partial charge in [0, 0.05) is 12.1 Å². The van der Waals surface area contributed by atoms with E-state index in [-0.39, 0.29) is 17.9 Å². The lowest BCUT2D eigenvalue weighted by Crippen LogP contribution is -2.37. The van der Waals surface area contributed by atoms with Crippen LogP contribution in [0.15, 0.2) is 35.2 Å². The molecule has 0 saturated heterocycles. The average Bonchev–Trinajstić information content (AvgIpc) is 2.54. The minimum Gasteiger partial charge on any atom is -0.497 e. The van der Waals surface area contributed by atoms with Gasteiger partial charge in [0.2, 0.25) is 0 Å². The third-order valence-corrected chi connectivity index (χ3v) is 6.56. The molecule has 0 aromatic heterocycles. The lowest BCUT2D eigenvalue weighted by atomic mass is 10.0. The average molecular weight is 365 g/mol. The Morgan fingerprint density at radius 2 is 1.84 bits per heavy atom. The molecule has 134 valence electrons. The van der Waals surface area contributed by atoms with Crippen molar-refractivity contribution >= 4 is 15.7 Å². The number of hydrogen-bond acceptors (Lipinski definition) is 4. The molecule has 1 N–H and O–H groups in total. The molecule has 0 amide bonds. The van der Waals surface area contributed by atoms with Crippen LogP contribution in [0, 0.1) is 19.7 Å². The van der Waals surface area contributed by atoms with Gasteiger partial charge in [0.1, 0.15) is 11.6 Å². The van der Waals surface area contributed by atoms with E-state index in [0.717, 1.165) is 0 Å². The second-order valence-electron chi connectivity index (χ2n) is 6.18. The summed E-state index contributed by atoms with van der Waals surface area (Å²) in [6, 6.07) is 7.13. The van der Waals surface area contributed by atoms with Crippen molar-refractivity contribution in [1.82, 2.24) is 0 Å². The molecule has 0 bridgehead atoms. The Morgan fingerprint density at radius 1 is 1.20 bits per heavy atom. The monoisotopic (exact) mass is 365 g/mol. The highest BCUT2D eigenvalue weighted by Gasteiger charge is 2.34. The number of anilines is 1. The van der Waals surface area contributed by atoms with Gasteiger partial charge in [-0.3, -0.25) is 4.31 Å². The molecule has 2 aromatic rings. The van der Waals surface area contributed by atoms with Crippen LogP contribution in [-0.4, -0.2) is 27.2 Å². The smallest absolute Gasteiger partial charge is 0.264 e. The SMILES string of the molecule is COc1cc(C)c(S(=O)(=O)N2CCC(O)c3cc(F)ccc32)c(C)c1. The molecule has 0 spiro atoms. The first-order valence-electron chi connectivity index (χ1n) is 7.91. The number of ether oxygens (including phenoxy) is 1. The highest BCUT2D eigenvalue weighted by atomic mass is 32.2. The van der Waals surface area contributed by atoms with Crippen molar-refractivity contribution in [3.63, 3.8) is 0 Å². The third-order valence-electron chi connectivity index (χ3n) is 4.44. The first-order chi connectivity index (χ1) is 11.8. The summed E-state index contributed by atoms with van der Waals surface area (Å²) in [4.78, 5) is 0.208. The molecule has 0 fully saturated rings. The number of sulfonamides is 1. The van der Waals surface area contributed by atoms with Gasteiger partial charge < -0.3 is 9.84 Å². The van der Waals surface area contributed by atoms with Crippen LogP contribution in [0.4, 0.5) is 10.1 Å².